The fourth-order valence-corrected chi connectivity index (χ4v) is 2.59. The van der Waals surface area contributed by atoms with E-state index in [0.29, 0.717) is 6.54 Å². The molecule has 0 amide bonds. The third-order valence-corrected chi connectivity index (χ3v) is 3.59. The molecule has 1 aromatic carbocycles. The molecule has 0 aliphatic carbocycles. The average Bonchev–Trinajstić information content (AvgIpc) is 2.55. The normalized spacial score (nSPS) is 10.7. The van der Waals surface area contributed by atoms with E-state index in [9.17, 15) is 4.79 Å². The summed E-state index contributed by atoms with van der Waals surface area (Å²) in [5.74, 6) is -0.0444. The van der Waals surface area contributed by atoms with Crippen LogP contribution in [0.4, 0.5) is 0 Å². The largest absolute Gasteiger partial charge is 0.496 e. The number of pyridine rings is 1. The van der Waals surface area contributed by atoms with E-state index < -0.39 is 5.97 Å². The van der Waals surface area contributed by atoms with Crippen molar-refractivity contribution in [2.24, 2.45) is 0 Å². The lowest BCUT2D eigenvalue weighted by atomic mass is 10.0. The smallest absolute Gasteiger partial charge is 0.317 e. The van der Waals surface area contributed by atoms with Gasteiger partial charge in [-0.2, -0.15) is 0 Å². The van der Waals surface area contributed by atoms with Crippen molar-refractivity contribution >= 4 is 5.97 Å². The van der Waals surface area contributed by atoms with Crippen LogP contribution < -0.4 is 4.74 Å². The van der Waals surface area contributed by atoms with Crippen molar-refractivity contribution in [1.29, 1.82) is 0 Å². The Labute approximate surface area is 136 Å². The first-order chi connectivity index (χ1) is 11.1. The van der Waals surface area contributed by atoms with Crippen LogP contribution in [-0.4, -0.2) is 41.2 Å². The molecule has 0 fully saturated rings. The summed E-state index contributed by atoms with van der Waals surface area (Å²) in [6.45, 7) is 3.34. The van der Waals surface area contributed by atoms with Crippen molar-refractivity contribution in [3.63, 3.8) is 0 Å². The highest BCUT2D eigenvalue weighted by atomic mass is 16.5. The van der Waals surface area contributed by atoms with Crippen molar-refractivity contribution in [1.82, 2.24) is 9.88 Å². The molecule has 5 heteroatoms. The lowest BCUT2D eigenvalue weighted by Crippen LogP contribution is -2.30. The molecule has 0 aliphatic heterocycles. The molecular weight excluding hydrogens is 292 g/mol. The van der Waals surface area contributed by atoms with E-state index in [1.165, 1.54) is 0 Å². The number of rotatable bonds is 8. The van der Waals surface area contributed by atoms with Crippen molar-refractivity contribution in [3.05, 3.63) is 48.3 Å². The van der Waals surface area contributed by atoms with Gasteiger partial charge in [-0.1, -0.05) is 13.0 Å². The van der Waals surface area contributed by atoms with Gasteiger partial charge in [0, 0.05) is 24.5 Å². The maximum atomic E-state index is 11.0. The number of carboxylic acids is 1. The molecule has 1 aromatic heterocycles. The molecule has 23 heavy (non-hydrogen) atoms. The molecule has 0 spiro atoms. The zero-order valence-electron chi connectivity index (χ0n) is 13.5. The van der Waals surface area contributed by atoms with E-state index in [0.717, 1.165) is 35.4 Å². The molecular formula is C18H22N2O3. The van der Waals surface area contributed by atoms with E-state index in [2.05, 4.69) is 11.1 Å². The van der Waals surface area contributed by atoms with Gasteiger partial charge in [-0.15, -0.1) is 0 Å². The van der Waals surface area contributed by atoms with Gasteiger partial charge < -0.3 is 9.84 Å². The summed E-state index contributed by atoms with van der Waals surface area (Å²) >= 11 is 0. The minimum Gasteiger partial charge on any atom is -0.496 e. The zero-order valence-corrected chi connectivity index (χ0v) is 13.5. The van der Waals surface area contributed by atoms with Gasteiger partial charge in [-0.25, -0.2) is 0 Å². The predicted octanol–water partition coefficient (Wildman–Crippen LogP) is 3.05. The monoisotopic (exact) mass is 314 g/mol. The van der Waals surface area contributed by atoms with Crippen LogP contribution in [-0.2, 0) is 11.3 Å². The standard InChI is InChI=1S/C18H22N2O3/c1-3-10-20(13-18(21)22)12-16-11-15(4-5-17(16)23-2)14-6-8-19-9-7-14/h4-9,11H,3,10,12-13H2,1-2H3,(H,21,22). The molecule has 1 N–H and O–H groups in total. The van der Waals surface area contributed by atoms with Crippen LogP contribution in [0.2, 0.25) is 0 Å². The summed E-state index contributed by atoms with van der Waals surface area (Å²) in [4.78, 5) is 17.0. The lowest BCUT2D eigenvalue weighted by Gasteiger charge is -2.21. The van der Waals surface area contributed by atoms with Crippen molar-refractivity contribution < 1.29 is 14.6 Å². The maximum absolute atomic E-state index is 11.0. The Kier molecular flexibility index (Phi) is 6.11. The Hall–Kier alpha value is -2.40. The Morgan fingerprint density at radius 2 is 1.96 bits per heavy atom. The molecule has 2 rings (SSSR count). The van der Waals surface area contributed by atoms with Gasteiger partial charge in [0.25, 0.3) is 0 Å². The number of benzene rings is 1. The predicted molar refractivity (Wildman–Crippen MR) is 89.4 cm³/mol. The maximum Gasteiger partial charge on any atom is 0.317 e. The van der Waals surface area contributed by atoms with Crippen LogP contribution in [0, 0.1) is 0 Å². The third-order valence-electron chi connectivity index (χ3n) is 3.59. The van der Waals surface area contributed by atoms with Crippen LogP contribution in [0.5, 0.6) is 5.75 Å². The Balaban J connectivity index is 2.29. The molecule has 0 aliphatic rings. The lowest BCUT2D eigenvalue weighted by molar-refractivity contribution is -0.138. The number of nitrogens with zero attached hydrogens (tertiary/aromatic N) is 2. The fourth-order valence-electron chi connectivity index (χ4n) is 2.59. The third kappa shape index (κ3) is 4.79. The fraction of sp³-hybridized carbons (Fsp3) is 0.333. The van der Waals surface area contributed by atoms with Gasteiger partial charge in [0.1, 0.15) is 5.75 Å². The van der Waals surface area contributed by atoms with Gasteiger partial charge >= 0.3 is 5.97 Å². The molecule has 0 bridgehead atoms. The van der Waals surface area contributed by atoms with Gasteiger partial charge in [-0.3, -0.25) is 14.7 Å². The zero-order chi connectivity index (χ0) is 16.7. The molecule has 122 valence electrons. The number of carbonyl (C=O) groups is 1. The molecule has 0 radical (unpaired) electrons. The highest BCUT2D eigenvalue weighted by Crippen LogP contribution is 2.27. The minimum atomic E-state index is -0.817. The minimum absolute atomic E-state index is 0.0243. The first kappa shape index (κ1) is 17.0. The summed E-state index contributed by atoms with van der Waals surface area (Å²) in [7, 11) is 1.63. The second-order valence-electron chi connectivity index (χ2n) is 5.37. The molecule has 0 saturated heterocycles. The molecule has 5 nitrogen and oxygen atoms in total. The summed E-state index contributed by atoms with van der Waals surface area (Å²) in [6.07, 6.45) is 4.42. The van der Waals surface area contributed by atoms with Gasteiger partial charge in [-0.05, 0) is 48.4 Å². The van der Waals surface area contributed by atoms with E-state index in [1.54, 1.807) is 19.5 Å². The van der Waals surface area contributed by atoms with E-state index in [4.69, 9.17) is 9.84 Å². The van der Waals surface area contributed by atoms with Gasteiger partial charge in [0.2, 0.25) is 0 Å². The van der Waals surface area contributed by atoms with E-state index in [1.807, 2.05) is 36.1 Å². The van der Waals surface area contributed by atoms with Crippen LogP contribution in [0.25, 0.3) is 11.1 Å². The Morgan fingerprint density at radius 3 is 2.57 bits per heavy atom. The van der Waals surface area contributed by atoms with Crippen LogP contribution in [0.1, 0.15) is 18.9 Å². The first-order valence-corrected chi connectivity index (χ1v) is 7.65. The van der Waals surface area contributed by atoms with Gasteiger partial charge in [0.05, 0.1) is 13.7 Å². The Morgan fingerprint density at radius 1 is 1.22 bits per heavy atom. The van der Waals surface area contributed by atoms with Gasteiger partial charge in [0.15, 0.2) is 0 Å². The second-order valence-corrected chi connectivity index (χ2v) is 5.37. The number of aromatic nitrogens is 1. The number of hydrogen-bond acceptors (Lipinski definition) is 4. The van der Waals surface area contributed by atoms with Crippen molar-refractivity contribution in [3.8, 4) is 16.9 Å². The van der Waals surface area contributed by atoms with E-state index >= 15 is 0 Å². The molecule has 1 heterocycles. The summed E-state index contributed by atoms with van der Waals surface area (Å²) < 4.78 is 5.43. The molecule has 0 atom stereocenters. The topological polar surface area (TPSA) is 62.7 Å². The molecule has 0 unspecified atom stereocenters. The highest BCUT2D eigenvalue weighted by Gasteiger charge is 2.13. The number of ether oxygens (including phenoxy) is 1. The van der Waals surface area contributed by atoms with Crippen LogP contribution in [0.3, 0.4) is 0 Å². The summed E-state index contributed by atoms with van der Waals surface area (Å²) in [5, 5.41) is 9.07. The average molecular weight is 314 g/mol. The van der Waals surface area contributed by atoms with E-state index in [-0.39, 0.29) is 6.54 Å². The highest BCUT2D eigenvalue weighted by molar-refractivity contribution is 5.69. The van der Waals surface area contributed by atoms with Crippen molar-refractivity contribution in [2.75, 3.05) is 20.2 Å². The first-order valence-electron chi connectivity index (χ1n) is 7.65. The SMILES string of the molecule is CCCN(CC(=O)O)Cc1cc(-c2ccncc2)ccc1OC. The van der Waals surface area contributed by atoms with Crippen LogP contribution >= 0.6 is 0 Å². The summed E-state index contributed by atoms with van der Waals surface area (Å²) in [5.41, 5.74) is 3.12. The molecule has 0 saturated carbocycles. The number of aliphatic carboxylic acids is 1. The second kappa shape index (κ2) is 8.29. The van der Waals surface area contributed by atoms with Crippen molar-refractivity contribution in [2.45, 2.75) is 19.9 Å². The summed E-state index contributed by atoms with van der Waals surface area (Å²) in [6, 6.07) is 9.88. The van der Waals surface area contributed by atoms with Crippen LogP contribution in [0.15, 0.2) is 42.7 Å². The quantitative estimate of drug-likeness (QED) is 0.811. The number of hydrogen-bond donors (Lipinski definition) is 1. The number of carboxylic acid groups (broad SMARTS) is 1. The Bertz CT molecular complexity index is 644. The number of methoxy groups -OCH3 is 1. The molecule has 2 aromatic rings.